The quantitative estimate of drug-likeness (QED) is 0.889. The van der Waals surface area contributed by atoms with Crippen LogP contribution in [0.2, 0.25) is 0 Å². The van der Waals surface area contributed by atoms with Crippen LogP contribution in [-0.4, -0.2) is 11.1 Å². The highest BCUT2D eigenvalue weighted by Gasteiger charge is 2.18. The first-order chi connectivity index (χ1) is 9.26. The van der Waals surface area contributed by atoms with E-state index in [9.17, 15) is 4.79 Å². The predicted molar refractivity (Wildman–Crippen MR) is 74.6 cm³/mol. The third-order valence-electron chi connectivity index (χ3n) is 3.25. The van der Waals surface area contributed by atoms with Crippen molar-refractivity contribution in [3.63, 3.8) is 0 Å². The van der Waals surface area contributed by atoms with Gasteiger partial charge in [0.05, 0.1) is 11.8 Å². The molecule has 0 saturated heterocycles. The molecule has 2 rings (SSSR count). The maximum absolute atomic E-state index is 12.1. The zero-order valence-corrected chi connectivity index (χ0v) is 11.2. The van der Waals surface area contributed by atoms with Crippen molar-refractivity contribution < 1.29 is 9.32 Å². The van der Waals surface area contributed by atoms with Crippen LogP contribution in [0.25, 0.3) is 11.1 Å². The Morgan fingerprint density at radius 1 is 1.26 bits per heavy atom. The van der Waals surface area contributed by atoms with Gasteiger partial charge in [-0.15, -0.1) is 0 Å². The fourth-order valence-electron chi connectivity index (χ4n) is 2.03. The van der Waals surface area contributed by atoms with Crippen LogP contribution in [0.15, 0.2) is 41.1 Å². The second kappa shape index (κ2) is 6.18. The highest BCUT2D eigenvalue weighted by atomic mass is 16.5. The Morgan fingerprint density at radius 3 is 2.58 bits per heavy atom. The minimum absolute atomic E-state index is 0.00808. The van der Waals surface area contributed by atoms with Crippen molar-refractivity contribution in [3.8, 4) is 11.1 Å². The summed E-state index contributed by atoms with van der Waals surface area (Å²) in [5, 5.41) is 6.60. The van der Waals surface area contributed by atoms with Gasteiger partial charge in [-0.2, -0.15) is 0 Å². The molecule has 1 aromatic heterocycles. The molecule has 0 aliphatic carbocycles. The van der Waals surface area contributed by atoms with Crippen molar-refractivity contribution in [3.05, 3.63) is 36.5 Å². The van der Waals surface area contributed by atoms with E-state index in [1.807, 2.05) is 44.2 Å². The average molecular weight is 258 g/mol. The largest absolute Gasteiger partial charge is 0.338 e. The third-order valence-corrected chi connectivity index (χ3v) is 3.25. The standard InChI is InChI=1S/C15H18N2O2/c1-3-11(4-2)14(18)17-15-13(10-16-19-15)12-8-6-5-7-9-12/h5-11H,3-4H2,1-2H3,(H,17,18). The Kier molecular flexibility index (Phi) is 4.34. The Balaban J connectivity index is 2.19. The van der Waals surface area contributed by atoms with Crippen LogP contribution < -0.4 is 5.32 Å². The zero-order valence-electron chi connectivity index (χ0n) is 11.2. The normalized spacial score (nSPS) is 10.7. The summed E-state index contributed by atoms with van der Waals surface area (Å²) in [5.41, 5.74) is 1.78. The topological polar surface area (TPSA) is 55.1 Å². The highest BCUT2D eigenvalue weighted by Crippen LogP contribution is 2.28. The predicted octanol–water partition coefficient (Wildman–Crippen LogP) is 3.72. The van der Waals surface area contributed by atoms with Gasteiger partial charge in [0, 0.05) is 5.92 Å². The molecule has 1 aromatic carbocycles. The Morgan fingerprint density at radius 2 is 1.95 bits per heavy atom. The maximum Gasteiger partial charge on any atom is 0.239 e. The van der Waals surface area contributed by atoms with E-state index in [2.05, 4.69) is 10.5 Å². The number of aromatic nitrogens is 1. The molecule has 0 radical (unpaired) electrons. The molecule has 0 saturated carbocycles. The van der Waals surface area contributed by atoms with Crippen LogP contribution in [0.3, 0.4) is 0 Å². The minimum Gasteiger partial charge on any atom is -0.338 e. The molecule has 0 spiro atoms. The number of anilines is 1. The number of amides is 1. The van der Waals surface area contributed by atoms with Crippen LogP contribution in [0, 0.1) is 5.92 Å². The van der Waals surface area contributed by atoms with E-state index in [-0.39, 0.29) is 11.8 Å². The van der Waals surface area contributed by atoms with Gasteiger partial charge >= 0.3 is 0 Å². The van der Waals surface area contributed by atoms with E-state index >= 15 is 0 Å². The number of hydrogen-bond acceptors (Lipinski definition) is 3. The molecule has 0 atom stereocenters. The molecular weight excluding hydrogens is 240 g/mol. The van der Waals surface area contributed by atoms with Crippen molar-refractivity contribution in [1.82, 2.24) is 5.16 Å². The van der Waals surface area contributed by atoms with Gasteiger partial charge in [0.1, 0.15) is 0 Å². The van der Waals surface area contributed by atoms with E-state index in [1.54, 1.807) is 6.20 Å². The zero-order chi connectivity index (χ0) is 13.7. The number of nitrogens with one attached hydrogen (secondary N) is 1. The summed E-state index contributed by atoms with van der Waals surface area (Å²) in [6.07, 6.45) is 3.26. The summed E-state index contributed by atoms with van der Waals surface area (Å²) in [6, 6.07) is 9.74. The van der Waals surface area contributed by atoms with E-state index < -0.39 is 0 Å². The molecule has 1 N–H and O–H groups in total. The fraction of sp³-hybridized carbons (Fsp3) is 0.333. The van der Waals surface area contributed by atoms with Crippen molar-refractivity contribution in [2.24, 2.45) is 5.92 Å². The smallest absolute Gasteiger partial charge is 0.239 e. The summed E-state index contributed by atoms with van der Waals surface area (Å²) in [4.78, 5) is 12.1. The lowest BCUT2D eigenvalue weighted by atomic mass is 10.0. The lowest BCUT2D eigenvalue weighted by Crippen LogP contribution is -2.21. The van der Waals surface area contributed by atoms with Crippen molar-refractivity contribution >= 4 is 11.8 Å². The van der Waals surface area contributed by atoms with E-state index in [1.165, 1.54) is 0 Å². The first kappa shape index (κ1) is 13.3. The second-order valence-corrected chi connectivity index (χ2v) is 4.44. The van der Waals surface area contributed by atoms with Gasteiger partial charge in [0.25, 0.3) is 0 Å². The monoisotopic (exact) mass is 258 g/mol. The van der Waals surface area contributed by atoms with Crippen molar-refractivity contribution in [2.75, 3.05) is 5.32 Å². The molecule has 0 aliphatic heterocycles. The van der Waals surface area contributed by atoms with Crippen molar-refractivity contribution in [1.29, 1.82) is 0 Å². The van der Waals surface area contributed by atoms with Gasteiger partial charge in [-0.3, -0.25) is 10.1 Å². The van der Waals surface area contributed by atoms with Gasteiger partial charge in [0.15, 0.2) is 0 Å². The second-order valence-electron chi connectivity index (χ2n) is 4.44. The maximum atomic E-state index is 12.1. The molecule has 2 aromatic rings. The fourth-order valence-corrected chi connectivity index (χ4v) is 2.03. The minimum atomic E-state index is -0.0149. The summed E-state index contributed by atoms with van der Waals surface area (Å²) in [6.45, 7) is 4.01. The van der Waals surface area contributed by atoms with Crippen LogP contribution in [0.1, 0.15) is 26.7 Å². The van der Waals surface area contributed by atoms with Crippen molar-refractivity contribution in [2.45, 2.75) is 26.7 Å². The number of benzene rings is 1. The van der Waals surface area contributed by atoms with Crippen LogP contribution in [-0.2, 0) is 4.79 Å². The molecule has 0 unspecified atom stereocenters. The third kappa shape index (κ3) is 3.02. The Labute approximate surface area is 112 Å². The number of nitrogens with zero attached hydrogens (tertiary/aromatic N) is 1. The van der Waals surface area contributed by atoms with E-state index in [0.717, 1.165) is 24.0 Å². The van der Waals surface area contributed by atoms with E-state index in [0.29, 0.717) is 5.88 Å². The van der Waals surface area contributed by atoms with Gasteiger partial charge in [-0.25, -0.2) is 0 Å². The average Bonchev–Trinajstić information content (AvgIpc) is 2.89. The summed E-state index contributed by atoms with van der Waals surface area (Å²) in [5.74, 6) is 0.413. The van der Waals surface area contributed by atoms with Gasteiger partial charge in [-0.1, -0.05) is 49.3 Å². The lowest BCUT2D eigenvalue weighted by Gasteiger charge is -2.11. The number of carbonyl (C=O) groups excluding carboxylic acids is 1. The lowest BCUT2D eigenvalue weighted by molar-refractivity contribution is -0.120. The van der Waals surface area contributed by atoms with E-state index in [4.69, 9.17) is 4.52 Å². The summed E-state index contributed by atoms with van der Waals surface area (Å²) >= 11 is 0. The van der Waals surface area contributed by atoms with Gasteiger partial charge in [-0.05, 0) is 18.4 Å². The van der Waals surface area contributed by atoms with Crippen LogP contribution in [0.5, 0.6) is 0 Å². The first-order valence-corrected chi connectivity index (χ1v) is 6.57. The number of rotatable bonds is 5. The molecule has 1 heterocycles. The molecule has 19 heavy (non-hydrogen) atoms. The molecule has 4 nitrogen and oxygen atoms in total. The Bertz CT molecular complexity index is 530. The molecule has 0 aliphatic rings. The molecular formula is C15H18N2O2. The number of hydrogen-bond donors (Lipinski definition) is 1. The SMILES string of the molecule is CCC(CC)C(=O)Nc1oncc1-c1ccccc1. The molecule has 1 amide bonds. The molecule has 100 valence electrons. The Hall–Kier alpha value is -2.10. The van der Waals surface area contributed by atoms with Crippen LogP contribution in [0.4, 0.5) is 5.88 Å². The number of carbonyl (C=O) groups is 1. The highest BCUT2D eigenvalue weighted by molar-refractivity contribution is 5.94. The van der Waals surface area contributed by atoms with Gasteiger partial charge < -0.3 is 4.52 Å². The molecule has 4 heteroatoms. The first-order valence-electron chi connectivity index (χ1n) is 6.57. The summed E-state index contributed by atoms with van der Waals surface area (Å²) < 4.78 is 5.15. The van der Waals surface area contributed by atoms with Crippen LogP contribution >= 0.6 is 0 Å². The summed E-state index contributed by atoms with van der Waals surface area (Å²) in [7, 11) is 0. The molecule has 0 bridgehead atoms. The molecule has 0 fully saturated rings. The van der Waals surface area contributed by atoms with Gasteiger partial charge in [0.2, 0.25) is 11.8 Å².